The van der Waals surface area contributed by atoms with Crippen molar-refractivity contribution in [3.63, 3.8) is 0 Å². The molecule has 5 aromatic rings. The van der Waals surface area contributed by atoms with Crippen LogP contribution in [0.1, 0.15) is 21.6 Å². The Labute approximate surface area is 255 Å². The summed E-state index contributed by atoms with van der Waals surface area (Å²) in [6, 6.07) is 26.1. The van der Waals surface area contributed by atoms with Crippen molar-refractivity contribution in [1.29, 1.82) is 0 Å². The van der Waals surface area contributed by atoms with Crippen molar-refractivity contribution in [2.75, 3.05) is 50.2 Å². The average Bonchev–Trinajstić information content (AvgIpc) is 3.07. The average molecular weight is 591 g/mol. The first-order valence-electron chi connectivity index (χ1n) is 14.5. The molecule has 1 amide bonds. The Bertz CT molecular complexity index is 1850. The number of piperazine rings is 1. The maximum atomic E-state index is 13.2. The molecule has 0 atom stereocenters. The summed E-state index contributed by atoms with van der Waals surface area (Å²) < 4.78 is 12.2. The second-order valence-corrected chi connectivity index (χ2v) is 10.6. The Morgan fingerprint density at radius 2 is 1.50 bits per heavy atom. The number of aryl methyl sites for hydroxylation is 1. The number of nitrogens with zero attached hydrogens (tertiary/aromatic N) is 5. The molecule has 44 heavy (non-hydrogen) atoms. The molecular formula is C34H34N6O4. The van der Waals surface area contributed by atoms with E-state index in [2.05, 4.69) is 39.4 Å². The number of pyridine rings is 1. The van der Waals surface area contributed by atoms with Crippen molar-refractivity contribution in [2.24, 2.45) is 0 Å². The van der Waals surface area contributed by atoms with Crippen LogP contribution in [0.2, 0.25) is 0 Å². The molecular weight excluding hydrogens is 556 g/mol. The predicted molar refractivity (Wildman–Crippen MR) is 171 cm³/mol. The Balaban J connectivity index is 1.21. The van der Waals surface area contributed by atoms with Gasteiger partial charge in [0.25, 0.3) is 11.5 Å². The van der Waals surface area contributed by atoms with E-state index in [-0.39, 0.29) is 11.5 Å². The third-order valence-corrected chi connectivity index (χ3v) is 7.90. The highest BCUT2D eigenvalue weighted by atomic mass is 16.5. The summed E-state index contributed by atoms with van der Waals surface area (Å²) in [5.74, 6) is 1.60. The summed E-state index contributed by atoms with van der Waals surface area (Å²) in [4.78, 5) is 40.4. The number of hydrogen-bond acceptors (Lipinski definition) is 8. The number of methoxy groups -OCH3 is 2. The van der Waals surface area contributed by atoms with E-state index >= 15 is 0 Å². The number of amides is 1. The lowest BCUT2D eigenvalue weighted by molar-refractivity contribution is 0.0951. The standard InChI is InChI=1S/C34H34N6O4/c1-23-28-14-16-31(41)40(32(28)37-34(36-23)39-19-17-38(18-20-39)26-7-5-4-6-8-26)27-12-10-25(11-13-27)33(42)35-22-24-9-15-29(43-2)30(21-24)44-3/h4-16,21H,17-20,22H2,1-3H3,(H,35,42). The molecule has 6 rings (SSSR count). The minimum atomic E-state index is -0.230. The lowest BCUT2D eigenvalue weighted by Gasteiger charge is -2.36. The van der Waals surface area contributed by atoms with Gasteiger partial charge in [-0.1, -0.05) is 24.3 Å². The normalized spacial score (nSPS) is 13.2. The van der Waals surface area contributed by atoms with Gasteiger partial charge >= 0.3 is 0 Å². The Hall–Kier alpha value is -5.38. The summed E-state index contributed by atoms with van der Waals surface area (Å²) in [7, 11) is 3.15. The van der Waals surface area contributed by atoms with Crippen molar-refractivity contribution in [2.45, 2.75) is 13.5 Å². The van der Waals surface area contributed by atoms with Crippen LogP contribution in [0.3, 0.4) is 0 Å². The number of para-hydroxylation sites is 1. The lowest BCUT2D eigenvalue weighted by atomic mass is 10.1. The quantitative estimate of drug-likeness (QED) is 0.285. The highest BCUT2D eigenvalue weighted by Crippen LogP contribution is 2.28. The number of aromatic nitrogens is 3. The summed E-state index contributed by atoms with van der Waals surface area (Å²) in [6.07, 6.45) is 0. The fraction of sp³-hybridized carbons (Fsp3) is 0.235. The Morgan fingerprint density at radius 1 is 0.795 bits per heavy atom. The van der Waals surface area contributed by atoms with Crippen molar-refractivity contribution >= 4 is 28.6 Å². The molecule has 0 aliphatic carbocycles. The first-order chi connectivity index (χ1) is 21.4. The van der Waals surface area contributed by atoms with Crippen molar-refractivity contribution < 1.29 is 14.3 Å². The Kier molecular flexibility index (Phi) is 8.14. The van der Waals surface area contributed by atoms with Gasteiger partial charge in [-0.25, -0.2) is 4.98 Å². The number of rotatable bonds is 8. The van der Waals surface area contributed by atoms with E-state index in [9.17, 15) is 9.59 Å². The molecule has 1 aliphatic heterocycles. The molecule has 10 nitrogen and oxygen atoms in total. The number of benzene rings is 3. The van der Waals surface area contributed by atoms with E-state index in [1.54, 1.807) is 55.2 Å². The second kappa shape index (κ2) is 12.5. The van der Waals surface area contributed by atoms with Gasteiger partial charge < -0.3 is 24.6 Å². The fourth-order valence-corrected chi connectivity index (χ4v) is 5.48. The molecule has 0 spiro atoms. The van der Waals surface area contributed by atoms with Crippen LogP contribution < -0.4 is 30.1 Å². The molecule has 0 bridgehead atoms. The number of carbonyl (C=O) groups is 1. The van der Waals surface area contributed by atoms with Crippen LogP contribution >= 0.6 is 0 Å². The number of anilines is 2. The summed E-state index contributed by atoms with van der Waals surface area (Å²) in [5.41, 5.74) is 4.31. The molecule has 10 heteroatoms. The van der Waals surface area contributed by atoms with Gasteiger partial charge in [-0.3, -0.25) is 14.2 Å². The largest absolute Gasteiger partial charge is 0.493 e. The van der Waals surface area contributed by atoms with E-state index in [1.165, 1.54) is 11.8 Å². The van der Waals surface area contributed by atoms with Crippen LogP contribution in [0, 0.1) is 6.92 Å². The molecule has 3 heterocycles. The number of carbonyl (C=O) groups excluding carboxylic acids is 1. The van der Waals surface area contributed by atoms with Gasteiger partial charge in [0, 0.05) is 55.4 Å². The molecule has 1 N–H and O–H groups in total. The molecule has 224 valence electrons. The number of hydrogen-bond donors (Lipinski definition) is 1. The lowest BCUT2D eigenvalue weighted by Crippen LogP contribution is -2.47. The molecule has 1 saturated heterocycles. The van der Waals surface area contributed by atoms with Gasteiger partial charge in [0.15, 0.2) is 17.1 Å². The van der Waals surface area contributed by atoms with Crippen molar-refractivity contribution in [3.8, 4) is 17.2 Å². The van der Waals surface area contributed by atoms with Gasteiger partial charge in [-0.15, -0.1) is 0 Å². The predicted octanol–water partition coefficient (Wildman–Crippen LogP) is 4.36. The highest BCUT2D eigenvalue weighted by Gasteiger charge is 2.21. The minimum Gasteiger partial charge on any atom is -0.493 e. The maximum Gasteiger partial charge on any atom is 0.256 e. The first-order valence-corrected chi connectivity index (χ1v) is 14.5. The molecule has 0 radical (unpaired) electrons. The van der Waals surface area contributed by atoms with Gasteiger partial charge in [0.2, 0.25) is 5.95 Å². The molecule has 1 aliphatic rings. The van der Waals surface area contributed by atoms with Crippen LogP contribution in [0.4, 0.5) is 11.6 Å². The van der Waals surface area contributed by atoms with Gasteiger partial charge in [-0.2, -0.15) is 4.98 Å². The zero-order valence-corrected chi connectivity index (χ0v) is 25.0. The first kappa shape index (κ1) is 28.7. The highest BCUT2D eigenvalue weighted by molar-refractivity contribution is 5.94. The van der Waals surface area contributed by atoms with E-state index < -0.39 is 0 Å². The third-order valence-electron chi connectivity index (χ3n) is 7.90. The number of fused-ring (bicyclic) bond motifs is 1. The monoisotopic (exact) mass is 590 g/mol. The van der Waals surface area contributed by atoms with E-state index in [0.717, 1.165) is 42.8 Å². The van der Waals surface area contributed by atoms with Crippen LogP contribution in [0.15, 0.2) is 89.7 Å². The fourth-order valence-electron chi connectivity index (χ4n) is 5.48. The van der Waals surface area contributed by atoms with E-state index in [4.69, 9.17) is 19.4 Å². The van der Waals surface area contributed by atoms with Crippen molar-refractivity contribution in [1.82, 2.24) is 19.9 Å². The molecule has 3 aromatic carbocycles. The van der Waals surface area contributed by atoms with Crippen LogP contribution in [-0.4, -0.2) is 60.8 Å². The zero-order chi connectivity index (χ0) is 30.6. The number of nitrogens with one attached hydrogen (secondary N) is 1. The topological polar surface area (TPSA) is 102 Å². The van der Waals surface area contributed by atoms with E-state index in [1.807, 2.05) is 25.1 Å². The van der Waals surface area contributed by atoms with Gasteiger partial charge in [0.05, 0.1) is 25.6 Å². The van der Waals surface area contributed by atoms with Gasteiger partial charge in [0.1, 0.15) is 0 Å². The zero-order valence-electron chi connectivity index (χ0n) is 25.0. The summed E-state index contributed by atoms with van der Waals surface area (Å²) >= 11 is 0. The molecule has 1 fully saturated rings. The van der Waals surface area contributed by atoms with E-state index in [0.29, 0.717) is 40.9 Å². The SMILES string of the molecule is COc1ccc(CNC(=O)c2ccc(-n3c(=O)ccc4c(C)nc(N5CCN(c6ccccc6)CC5)nc43)cc2)cc1OC. The summed E-state index contributed by atoms with van der Waals surface area (Å²) in [5, 5.41) is 3.73. The van der Waals surface area contributed by atoms with Crippen molar-refractivity contribution in [3.05, 3.63) is 112 Å². The van der Waals surface area contributed by atoms with Crippen LogP contribution in [0.25, 0.3) is 16.7 Å². The molecule has 2 aromatic heterocycles. The number of ether oxygens (including phenoxy) is 2. The second-order valence-electron chi connectivity index (χ2n) is 10.6. The van der Waals surface area contributed by atoms with Crippen LogP contribution in [-0.2, 0) is 6.54 Å². The maximum absolute atomic E-state index is 13.2. The summed E-state index contributed by atoms with van der Waals surface area (Å²) in [6.45, 7) is 5.49. The molecule has 0 saturated carbocycles. The third kappa shape index (κ3) is 5.78. The molecule has 0 unspecified atom stereocenters. The minimum absolute atomic E-state index is 0.207. The van der Waals surface area contributed by atoms with Gasteiger partial charge in [-0.05, 0) is 67.1 Å². The van der Waals surface area contributed by atoms with Crippen LogP contribution in [0.5, 0.6) is 11.5 Å². The Morgan fingerprint density at radius 3 is 2.20 bits per heavy atom. The smallest absolute Gasteiger partial charge is 0.256 e.